The Hall–Kier alpha value is -1.43. The van der Waals surface area contributed by atoms with Crippen molar-refractivity contribution in [2.24, 2.45) is 0 Å². The van der Waals surface area contributed by atoms with Gasteiger partial charge in [-0.3, -0.25) is 0 Å². The zero-order valence-electron chi connectivity index (χ0n) is 7.11. The molecule has 0 spiro atoms. The van der Waals surface area contributed by atoms with Crippen LogP contribution in [0.5, 0.6) is 0 Å². The lowest BCUT2D eigenvalue weighted by Crippen LogP contribution is -2.00. The molecule has 6 heteroatoms. The van der Waals surface area contributed by atoms with E-state index in [9.17, 15) is 0 Å². The molecule has 0 fully saturated rings. The Balaban J connectivity index is 1.93. The molecule has 5 nitrogen and oxygen atoms in total. The molecule has 2 aromatic rings. The first kappa shape index (κ1) is 8.18. The molecule has 0 bridgehead atoms. The Labute approximate surface area is 79.2 Å². The number of rotatable bonds is 3. The molecule has 0 atom stereocenters. The summed E-state index contributed by atoms with van der Waals surface area (Å²) in [5.74, 6) is 0.896. The highest BCUT2D eigenvalue weighted by atomic mass is 32.1. The van der Waals surface area contributed by atoms with Crippen molar-refractivity contribution < 1.29 is 0 Å². The van der Waals surface area contributed by atoms with E-state index >= 15 is 0 Å². The van der Waals surface area contributed by atoms with E-state index in [0.29, 0.717) is 6.54 Å². The molecule has 0 aliphatic carbocycles. The van der Waals surface area contributed by atoms with E-state index in [-0.39, 0.29) is 0 Å². The monoisotopic (exact) mass is 195 g/mol. The first-order valence-electron chi connectivity index (χ1n) is 3.87. The van der Waals surface area contributed by atoms with Gasteiger partial charge in [0.05, 0.1) is 6.54 Å². The summed E-state index contributed by atoms with van der Waals surface area (Å²) in [6.45, 7) is 2.58. The van der Waals surface area contributed by atoms with Gasteiger partial charge in [0.1, 0.15) is 10.8 Å². The summed E-state index contributed by atoms with van der Waals surface area (Å²) < 4.78 is 0. The number of aromatic nitrogens is 4. The minimum atomic E-state index is 0.654. The van der Waals surface area contributed by atoms with E-state index in [1.165, 1.54) is 11.3 Å². The Kier molecular flexibility index (Phi) is 2.22. The number of nitrogens with one attached hydrogen (secondary N) is 2. The molecular weight excluding hydrogens is 186 g/mol. The fourth-order valence-electron chi connectivity index (χ4n) is 0.922. The second kappa shape index (κ2) is 3.53. The Bertz CT molecular complexity index is 366. The largest absolute Gasteiger partial charge is 0.353 e. The van der Waals surface area contributed by atoms with Crippen molar-refractivity contribution in [3.05, 3.63) is 23.2 Å². The first-order chi connectivity index (χ1) is 6.34. The summed E-state index contributed by atoms with van der Waals surface area (Å²) in [5, 5.41) is 12.7. The summed E-state index contributed by atoms with van der Waals surface area (Å²) in [4.78, 5) is 7.07. The van der Waals surface area contributed by atoms with Crippen LogP contribution < -0.4 is 5.32 Å². The number of hydrogen-bond donors (Lipinski definition) is 2. The average molecular weight is 195 g/mol. The third-order valence-electron chi connectivity index (χ3n) is 1.49. The van der Waals surface area contributed by atoms with Crippen LogP contribution in [0.4, 0.5) is 5.13 Å². The van der Waals surface area contributed by atoms with Gasteiger partial charge in [-0.1, -0.05) is 11.3 Å². The number of H-pyrrole nitrogens is 1. The highest BCUT2D eigenvalue weighted by molar-refractivity contribution is 7.15. The number of imidazole rings is 1. The number of hydrogen-bond acceptors (Lipinski definition) is 5. The van der Waals surface area contributed by atoms with Crippen LogP contribution in [0.1, 0.15) is 10.8 Å². The molecule has 0 amide bonds. The van der Waals surface area contributed by atoms with E-state index in [4.69, 9.17) is 0 Å². The van der Waals surface area contributed by atoms with Crippen LogP contribution in [0.25, 0.3) is 0 Å². The topological polar surface area (TPSA) is 66.5 Å². The third kappa shape index (κ3) is 2.03. The summed E-state index contributed by atoms with van der Waals surface area (Å²) >= 11 is 1.53. The smallest absolute Gasteiger partial charge is 0.206 e. The van der Waals surface area contributed by atoms with Crippen molar-refractivity contribution in [3.8, 4) is 0 Å². The molecule has 0 unspecified atom stereocenters. The van der Waals surface area contributed by atoms with E-state index in [1.807, 2.05) is 6.92 Å². The maximum absolute atomic E-state index is 4.08. The lowest BCUT2D eigenvalue weighted by atomic mass is 10.6. The predicted octanol–water partition coefficient (Wildman–Crippen LogP) is 1.18. The zero-order valence-corrected chi connectivity index (χ0v) is 7.93. The lowest BCUT2D eigenvalue weighted by molar-refractivity contribution is 0.973. The summed E-state index contributed by atoms with van der Waals surface area (Å²) in [6, 6.07) is 0. The molecule has 2 rings (SSSR count). The van der Waals surface area contributed by atoms with Crippen molar-refractivity contribution in [1.29, 1.82) is 0 Å². The molecule has 0 radical (unpaired) electrons. The minimum Gasteiger partial charge on any atom is -0.353 e. The Morgan fingerprint density at radius 2 is 2.46 bits per heavy atom. The lowest BCUT2D eigenvalue weighted by Gasteiger charge is -1.96. The Morgan fingerprint density at radius 1 is 1.54 bits per heavy atom. The molecular formula is C7H9N5S. The van der Waals surface area contributed by atoms with Crippen LogP contribution in [-0.4, -0.2) is 20.2 Å². The number of nitrogens with zero attached hydrogens (tertiary/aromatic N) is 3. The molecule has 2 heterocycles. The quantitative estimate of drug-likeness (QED) is 0.771. The van der Waals surface area contributed by atoms with Gasteiger partial charge >= 0.3 is 0 Å². The standard InChI is InChI=1S/C7H9N5S/c1-5-11-12-7(13-5)10-4-6-8-2-3-9-6/h2-3H,4H2,1H3,(H,8,9)(H,10,12). The second-order valence-electron chi connectivity index (χ2n) is 2.52. The van der Waals surface area contributed by atoms with Gasteiger partial charge in [-0.05, 0) is 6.92 Å². The molecule has 0 aliphatic heterocycles. The maximum Gasteiger partial charge on any atom is 0.206 e. The van der Waals surface area contributed by atoms with Crippen molar-refractivity contribution in [3.63, 3.8) is 0 Å². The van der Waals surface area contributed by atoms with Gasteiger partial charge < -0.3 is 10.3 Å². The van der Waals surface area contributed by atoms with Gasteiger partial charge in [0.15, 0.2) is 0 Å². The van der Waals surface area contributed by atoms with Crippen LogP contribution in [0.3, 0.4) is 0 Å². The van der Waals surface area contributed by atoms with Gasteiger partial charge in [-0.25, -0.2) is 4.98 Å². The highest BCUT2D eigenvalue weighted by Crippen LogP contribution is 2.13. The first-order valence-corrected chi connectivity index (χ1v) is 4.68. The van der Waals surface area contributed by atoms with Crippen LogP contribution in [0.15, 0.2) is 12.4 Å². The molecule has 0 aliphatic rings. The van der Waals surface area contributed by atoms with Crippen LogP contribution in [0.2, 0.25) is 0 Å². The number of anilines is 1. The van der Waals surface area contributed by atoms with Crippen molar-refractivity contribution in [2.75, 3.05) is 5.32 Å². The van der Waals surface area contributed by atoms with Crippen LogP contribution >= 0.6 is 11.3 Å². The SMILES string of the molecule is Cc1nnc(NCc2ncc[nH]2)s1. The van der Waals surface area contributed by atoms with Gasteiger partial charge in [0, 0.05) is 12.4 Å². The fourth-order valence-corrected chi connectivity index (χ4v) is 1.51. The normalized spacial score (nSPS) is 10.2. The molecule has 0 aromatic carbocycles. The summed E-state index contributed by atoms with van der Waals surface area (Å²) in [7, 11) is 0. The van der Waals surface area contributed by atoms with E-state index in [1.54, 1.807) is 12.4 Å². The summed E-state index contributed by atoms with van der Waals surface area (Å²) in [6.07, 6.45) is 3.52. The highest BCUT2D eigenvalue weighted by Gasteiger charge is 1.99. The Morgan fingerprint density at radius 3 is 3.08 bits per heavy atom. The fraction of sp³-hybridized carbons (Fsp3) is 0.286. The average Bonchev–Trinajstić information content (AvgIpc) is 2.71. The van der Waals surface area contributed by atoms with Gasteiger partial charge in [-0.15, -0.1) is 10.2 Å². The molecule has 13 heavy (non-hydrogen) atoms. The number of aryl methyl sites for hydroxylation is 1. The third-order valence-corrected chi connectivity index (χ3v) is 2.28. The van der Waals surface area contributed by atoms with Gasteiger partial charge in [0.2, 0.25) is 5.13 Å². The van der Waals surface area contributed by atoms with E-state index < -0.39 is 0 Å². The molecule has 68 valence electrons. The zero-order chi connectivity index (χ0) is 9.10. The summed E-state index contributed by atoms with van der Waals surface area (Å²) in [5.41, 5.74) is 0. The van der Waals surface area contributed by atoms with Crippen molar-refractivity contribution >= 4 is 16.5 Å². The second-order valence-corrected chi connectivity index (χ2v) is 3.70. The maximum atomic E-state index is 4.08. The van der Waals surface area contributed by atoms with Crippen molar-refractivity contribution in [2.45, 2.75) is 13.5 Å². The minimum absolute atomic E-state index is 0.654. The predicted molar refractivity (Wildman–Crippen MR) is 50.6 cm³/mol. The van der Waals surface area contributed by atoms with Crippen LogP contribution in [0, 0.1) is 6.92 Å². The molecule has 0 saturated carbocycles. The molecule has 2 aromatic heterocycles. The van der Waals surface area contributed by atoms with E-state index in [0.717, 1.165) is 16.0 Å². The van der Waals surface area contributed by atoms with Crippen LogP contribution in [-0.2, 0) is 6.54 Å². The molecule has 0 saturated heterocycles. The van der Waals surface area contributed by atoms with Gasteiger partial charge in [-0.2, -0.15) is 0 Å². The number of aromatic amines is 1. The molecule has 2 N–H and O–H groups in total. The van der Waals surface area contributed by atoms with E-state index in [2.05, 4.69) is 25.5 Å². The van der Waals surface area contributed by atoms with Gasteiger partial charge in [0.25, 0.3) is 0 Å². The van der Waals surface area contributed by atoms with Crippen molar-refractivity contribution in [1.82, 2.24) is 20.2 Å².